The second-order valence-electron chi connectivity index (χ2n) is 9.64. The highest BCUT2D eigenvalue weighted by molar-refractivity contribution is 5.95. The second kappa shape index (κ2) is 11.3. The molecule has 0 radical (unpaired) electrons. The minimum Gasteiger partial charge on any atom is -0.497 e. The molecule has 0 saturated carbocycles. The Kier molecular flexibility index (Phi) is 8.15. The zero-order chi connectivity index (χ0) is 25.7. The van der Waals surface area contributed by atoms with Gasteiger partial charge in [-0.2, -0.15) is 0 Å². The molecule has 3 heterocycles. The van der Waals surface area contributed by atoms with Crippen LogP contribution in [0.1, 0.15) is 50.6 Å². The topological polar surface area (TPSA) is 126 Å². The van der Waals surface area contributed by atoms with E-state index in [1.165, 1.54) is 6.42 Å². The molecular weight excluding hydrogens is 462 g/mol. The summed E-state index contributed by atoms with van der Waals surface area (Å²) in [5, 5.41) is 5.70. The van der Waals surface area contributed by atoms with E-state index in [1.807, 2.05) is 12.1 Å². The molecule has 3 aliphatic rings. The van der Waals surface area contributed by atoms with Crippen LogP contribution < -0.4 is 21.1 Å². The number of carbonyl (C=O) groups excluding carboxylic acids is 3. The van der Waals surface area contributed by atoms with Gasteiger partial charge in [0.15, 0.2) is 0 Å². The van der Waals surface area contributed by atoms with Crippen molar-refractivity contribution in [3.05, 3.63) is 41.1 Å². The van der Waals surface area contributed by atoms with E-state index in [4.69, 9.17) is 15.2 Å². The van der Waals surface area contributed by atoms with Crippen LogP contribution in [-0.2, 0) is 14.3 Å². The lowest BCUT2D eigenvalue weighted by Crippen LogP contribution is -2.63. The van der Waals surface area contributed by atoms with E-state index in [1.54, 1.807) is 26.2 Å². The highest BCUT2D eigenvalue weighted by Crippen LogP contribution is 2.33. The summed E-state index contributed by atoms with van der Waals surface area (Å²) in [5.41, 5.74) is 6.96. The molecule has 10 heteroatoms. The molecular formula is C26H37N5O5. The monoisotopic (exact) mass is 499 g/mol. The summed E-state index contributed by atoms with van der Waals surface area (Å²) in [7, 11) is 1.58. The Morgan fingerprint density at radius 1 is 1.08 bits per heavy atom. The Balaban J connectivity index is 1.57. The van der Waals surface area contributed by atoms with E-state index in [0.29, 0.717) is 49.5 Å². The first-order chi connectivity index (χ1) is 17.4. The number of carbonyl (C=O) groups is 3. The maximum absolute atomic E-state index is 13.1. The van der Waals surface area contributed by atoms with Gasteiger partial charge in [-0.15, -0.1) is 0 Å². The third-order valence-electron chi connectivity index (χ3n) is 7.58. The number of nitrogens with zero attached hydrogens (tertiary/aromatic N) is 2. The minimum atomic E-state index is -0.651. The predicted molar refractivity (Wildman–Crippen MR) is 134 cm³/mol. The van der Waals surface area contributed by atoms with Gasteiger partial charge < -0.3 is 25.8 Å². The fraction of sp³-hybridized carbons (Fsp3) is 0.577. The Bertz CT molecular complexity index is 994. The number of nitrogens with two attached hydrogens (primary N) is 1. The van der Waals surface area contributed by atoms with Gasteiger partial charge in [0.25, 0.3) is 0 Å². The molecule has 1 atom stereocenters. The van der Waals surface area contributed by atoms with Crippen LogP contribution in [0.15, 0.2) is 35.5 Å². The number of esters is 1. The van der Waals surface area contributed by atoms with Crippen molar-refractivity contribution in [3.63, 3.8) is 0 Å². The number of benzene rings is 1. The fourth-order valence-corrected chi connectivity index (χ4v) is 5.58. The molecule has 0 unspecified atom stereocenters. The SMILES string of the molecule is CCOC(=O)C1=C(CN2CCC(C(N)=O)(N3CCCCC3)CC2)NC(=O)N[C@H]1c1ccc(OC)cc1. The van der Waals surface area contributed by atoms with Gasteiger partial charge in [0, 0.05) is 25.3 Å². The third-order valence-corrected chi connectivity index (χ3v) is 7.58. The van der Waals surface area contributed by atoms with E-state index in [2.05, 4.69) is 20.4 Å². The lowest BCUT2D eigenvalue weighted by Gasteiger charge is -2.48. The van der Waals surface area contributed by atoms with Gasteiger partial charge in [-0.3, -0.25) is 14.6 Å². The van der Waals surface area contributed by atoms with Crippen molar-refractivity contribution in [2.45, 2.75) is 50.6 Å². The molecule has 0 aliphatic carbocycles. The molecule has 2 fully saturated rings. The number of amides is 3. The number of nitrogens with one attached hydrogen (secondary N) is 2. The van der Waals surface area contributed by atoms with Crippen molar-refractivity contribution < 1.29 is 23.9 Å². The average Bonchev–Trinajstić information content (AvgIpc) is 2.89. The maximum Gasteiger partial charge on any atom is 0.338 e. The zero-order valence-corrected chi connectivity index (χ0v) is 21.2. The molecule has 10 nitrogen and oxygen atoms in total. The highest BCUT2D eigenvalue weighted by atomic mass is 16.5. The summed E-state index contributed by atoms with van der Waals surface area (Å²) in [5.74, 6) is -0.0521. The van der Waals surface area contributed by atoms with Gasteiger partial charge >= 0.3 is 12.0 Å². The van der Waals surface area contributed by atoms with Crippen molar-refractivity contribution in [2.24, 2.45) is 5.73 Å². The van der Waals surface area contributed by atoms with E-state index in [9.17, 15) is 14.4 Å². The van der Waals surface area contributed by atoms with E-state index < -0.39 is 17.6 Å². The van der Waals surface area contributed by atoms with E-state index in [0.717, 1.165) is 31.5 Å². The number of methoxy groups -OCH3 is 1. The van der Waals surface area contributed by atoms with Gasteiger partial charge in [-0.1, -0.05) is 18.6 Å². The number of rotatable bonds is 8. The minimum absolute atomic E-state index is 0.222. The van der Waals surface area contributed by atoms with E-state index in [-0.39, 0.29) is 18.5 Å². The molecule has 0 spiro atoms. The molecule has 2 saturated heterocycles. The van der Waals surface area contributed by atoms with Crippen LogP contribution in [0.4, 0.5) is 4.79 Å². The maximum atomic E-state index is 13.1. The number of primary amides is 1. The van der Waals surface area contributed by atoms with Crippen LogP contribution in [0.5, 0.6) is 5.75 Å². The molecule has 1 aromatic rings. The molecule has 3 aliphatic heterocycles. The lowest BCUT2D eigenvalue weighted by molar-refractivity contribution is -0.139. The molecule has 1 aromatic carbocycles. The lowest BCUT2D eigenvalue weighted by atomic mass is 9.83. The summed E-state index contributed by atoms with van der Waals surface area (Å²) < 4.78 is 10.6. The van der Waals surface area contributed by atoms with Gasteiger partial charge in [0.1, 0.15) is 11.3 Å². The number of likely N-dealkylation sites (tertiary alicyclic amines) is 2. The molecule has 3 amide bonds. The van der Waals surface area contributed by atoms with Crippen LogP contribution in [0.3, 0.4) is 0 Å². The summed E-state index contributed by atoms with van der Waals surface area (Å²) in [6.07, 6.45) is 4.60. The standard InChI is InChI=1S/C26H37N5O5/c1-3-36-23(32)21-20(28-25(34)29-22(21)18-7-9-19(35-2)10-8-18)17-30-15-11-26(12-16-30,24(27)33)31-13-5-4-6-14-31/h7-10,22H,3-6,11-17H2,1-2H3,(H2,27,33)(H2,28,29,34)/t22-/m0/s1. The number of ether oxygens (including phenoxy) is 2. The Hall–Kier alpha value is -3.11. The first-order valence-electron chi connectivity index (χ1n) is 12.8. The molecule has 0 aromatic heterocycles. The predicted octanol–water partition coefficient (Wildman–Crippen LogP) is 1.67. The Morgan fingerprint density at radius 3 is 2.33 bits per heavy atom. The first kappa shape index (κ1) is 26.0. The van der Waals surface area contributed by atoms with Crippen LogP contribution >= 0.6 is 0 Å². The second-order valence-corrected chi connectivity index (χ2v) is 9.64. The van der Waals surface area contributed by atoms with Crippen molar-refractivity contribution in [3.8, 4) is 5.75 Å². The fourth-order valence-electron chi connectivity index (χ4n) is 5.58. The number of hydrogen-bond donors (Lipinski definition) is 3. The van der Waals surface area contributed by atoms with Crippen molar-refractivity contribution >= 4 is 17.9 Å². The quantitative estimate of drug-likeness (QED) is 0.465. The highest BCUT2D eigenvalue weighted by Gasteiger charge is 2.45. The summed E-state index contributed by atoms with van der Waals surface area (Å²) in [6, 6.07) is 6.21. The number of urea groups is 1. The Labute approximate surface area is 212 Å². The largest absolute Gasteiger partial charge is 0.497 e. The normalized spacial score (nSPS) is 22.9. The van der Waals surface area contributed by atoms with Crippen molar-refractivity contribution in [2.75, 3.05) is 46.4 Å². The summed E-state index contributed by atoms with van der Waals surface area (Å²) in [6.45, 7) is 5.40. The van der Waals surface area contributed by atoms with Crippen LogP contribution in [0.25, 0.3) is 0 Å². The molecule has 0 bridgehead atoms. The van der Waals surface area contributed by atoms with E-state index >= 15 is 0 Å². The average molecular weight is 500 g/mol. The van der Waals surface area contributed by atoms with Gasteiger partial charge in [-0.05, 0) is 63.4 Å². The first-order valence-corrected chi connectivity index (χ1v) is 12.8. The number of piperidine rings is 2. The molecule has 196 valence electrons. The molecule has 36 heavy (non-hydrogen) atoms. The van der Waals surface area contributed by atoms with Gasteiger partial charge in [-0.25, -0.2) is 9.59 Å². The van der Waals surface area contributed by atoms with Crippen molar-refractivity contribution in [1.29, 1.82) is 0 Å². The smallest absolute Gasteiger partial charge is 0.338 e. The van der Waals surface area contributed by atoms with Gasteiger partial charge in [0.2, 0.25) is 5.91 Å². The van der Waals surface area contributed by atoms with Crippen molar-refractivity contribution in [1.82, 2.24) is 20.4 Å². The molecule has 4 N–H and O–H groups in total. The third kappa shape index (κ3) is 5.34. The Morgan fingerprint density at radius 2 is 1.75 bits per heavy atom. The number of hydrogen-bond acceptors (Lipinski definition) is 7. The van der Waals surface area contributed by atoms with Gasteiger partial charge in [0.05, 0.1) is 25.3 Å². The summed E-state index contributed by atoms with van der Waals surface area (Å²) in [4.78, 5) is 42.7. The van der Waals surface area contributed by atoms with Crippen LogP contribution in [0.2, 0.25) is 0 Å². The van der Waals surface area contributed by atoms with Crippen LogP contribution in [0, 0.1) is 0 Å². The van der Waals surface area contributed by atoms with Crippen LogP contribution in [-0.4, -0.2) is 79.7 Å². The molecule has 4 rings (SSSR count). The zero-order valence-electron chi connectivity index (χ0n) is 21.2. The summed E-state index contributed by atoms with van der Waals surface area (Å²) >= 11 is 0.